The van der Waals surface area contributed by atoms with E-state index in [0.29, 0.717) is 6.42 Å². The molecule has 0 saturated heterocycles. The number of hydrogen-bond acceptors (Lipinski definition) is 3. The second-order valence-electron chi connectivity index (χ2n) is 24.7. The van der Waals surface area contributed by atoms with E-state index in [1.807, 2.05) is 6.08 Å². The van der Waals surface area contributed by atoms with Gasteiger partial charge in [-0.3, -0.25) is 4.79 Å². The number of unbranched alkanes of at least 4 members (excludes halogenated alkanes) is 60. The lowest BCUT2D eigenvalue weighted by atomic mass is 10.0. The van der Waals surface area contributed by atoms with Gasteiger partial charge in [-0.15, -0.1) is 0 Å². The second kappa shape index (κ2) is 67.4. The fourth-order valence-electron chi connectivity index (χ4n) is 11.7. The van der Waals surface area contributed by atoms with Crippen LogP contribution in [0, 0.1) is 0 Å². The maximum Gasteiger partial charge on any atom is 0.220 e. The van der Waals surface area contributed by atoms with Gasteiger partial charge in [0.05, 0.1) is 18.8 Å². The van der Waals surface area contributed by atoms with Gasteiger partial charge in [-0.05, 0) is 19.3 Å². The summed E-state index contributed by atoms with van der Waals surface area (Å²) in [5.41, 5.74) is 0. The third kappa shape index (κ3) is 63.8. The van der Waals surface area contributed by atoms with Crippen LogP contribution in [0.1, 0.15) is 418 Å². The highest BCUT2D eigenvalue weighted by Crippen LogP contribution is 2.20. The van der Waals surface area contributed by atoms with Crippen LogP contribution < -0.4 is 5.32 Å². The first-order valence-electron chi connectivity index (χ1n) is 35.4. The lowest BCUT2D eigenvalue weighted by Gasteiger charge is -2.20. The summed E-state index contributed by atoms with van der Waals surface area (Å²) in [7, 11) is 0. The minimum absolute atomic E-state index is 0.0528. The maximum absolute atomic E-state index is 12.5. The van der Waals surface area contributed by atoms with Crippen molar-refractivity contribution in [3.63, 3.8) is 0 Å². The molecular weight excluding hydrogens is 915 g/mol. The largest absolute Gasteiger partial charge is 0.394 e. The Balaban J connectivity index is 3.39. The van der Waals surface area contributed by atoms with Crippen LogP contribution in [-0.4, -0.2) is 34.9 Å². The van der Waals surface area contributed by atoms with Crippen LogP contribution in [0.4, 0.5) is 0 Å². The smallest absolute Gasteiger partial charge is 0.220 e. The molecule has 0 saturated carbocycles. The first-order chi connectivity index (χ1) is 37.2. The first-order valence-corrected chi connectivity index (χ1v) is 35.4. The van der Waals surface area contributed by atoms with Crippen molar-refractivity contribution in [2.75, 3.05) is 6.61 Å². The van der Waals surface area contributed by atoms with Crippen molar-refractivity contribution in [2.45, 2.75) is 431 Å². The molecule has 3 N–H and O–H groups in total. The first kappa shape index (κ1) is 74.1. The average Bonchev–Trinajstić information content (AvgIpc) is 3.41. The zero-order valence-electron chi connectivity index (χ0n) is 51.9. The molecule has 448 valence electrons. The Bertz CT molecular complexity index is 1060. The number of aliphatic hydroxyl groups excluding tert-OH is 2. The number of carbonyl (C=O) groups is 1. The van der Waals surface area contributed by atoms with Crippen molar-refractivity contribution < 1.29 is 15.0 Å². The van der Waals surface area contributed by atoms with E-state index in [1.54, 1.807) is 6.08 Å². The SMILES string of the molecule is CCCCCCCCCCCCCCCCCCCCCCCCCCCCCC/C=C/C(O)C(CO)NC(=O)CCCCCCCCCCCCCCCCCCCCCCCCCCCCCCCCCCC. The molecule has 4 nitrogen and oxygen atoms in total. The van der Waals surface area contributed by atoms with E-state index < -0.39 is 12.1 Å². The van der Waals surface area contributed by atoms with Crippen LogP contribution in [0.3, 0.4) is 0 Å². The molecule has 0 aromatic rings. The summed E-state index contributed by atoms with van der Waals surface area (Å²) in [5.74, 6) is -0.0528. The van der Waals surface area contributed by atoms with E-state index in [-0.39, 0.29) is 12.5 Å². The summed E-state index contributed by atoms with van der Waals surface area (Å²) in [6, 6.07) is -0.620. The molecule has 1 amide bonds. The second-order valence-corrected chi connectivity index (χ2v) is 24.7. The number of allylic oxidation sites excluding steroid dienone is 1. The monoisotopic (exact) mass is 1060 g/mol. The van der Waals surface area contributed by atoms with Crippen molar-refractivity contribution in [3.05, 3.63) is 12.2 Å². The number of aliphatic hydroxyl groups is 2. The predicted octanol–water partition coefficient (Wildman–Crippen LogP) is 24.0. The van der Waals surface area contributed by atoms with Gasteiger partial charge in [0.15, 0.2) is 0 Å². The van der Waals surface area contributed by atoms with Gasteiger partial charge in [-0.2, -0.15) is 0 Å². The van der Waals surface area contributed by atoms with E-state index >= 15 is 0 Å². The standard InChI is InChI=1S/C71H141NO3/c1-3-5-7-9-11-13-15-17-19-21-23-25-27-29-31-33-35-36-37-39-41-43-45-47-49-51-53-55-57-59-61-63-65-67-71(75)72-69(68-73)70(74)66-64-62-60-58-56-54-52-50-48-46-44-42-40-38-34-32-30-28-26-24-22-20-18-16-14-12-10-8-6-4-2/h64,66,69-70,73-74H,3-63,65,67-68H2,1-2H3,(H,72,75)/b66-64+. The third-order valence-electron chi connectivity index (χ3n) is 17.0. The molecule has 0 rings (SSSR count). The zero-order valence-corrected chi connectivity index (χ0v) is 51.9. The van der Waals surface area contributed by atoms with E-state index in [4.69, 9.17) is 0 Å². The van der Waals surface area contributed by atoms with Gasteiger partial charge in [0.1, 0.15) is 0 Å². The van der Waals surface area contributed by atoms with Gasteiger partial charge < -0.3 is 15.5 Å². The Morgan fingerprint density at radius 2 is 0.493 bits per heavy atom. The molecule has 4 heteroatoms. The molecule has 0 aromatic carbocycles. The summed E-state index contributed by atoms with van der Waals surface area (Å²) in [6.45, 7) is 4.37. The number of rotatable bonds is 67. The Labute approximate surface area is 473 Å². The topological polar surface area (TPSA) is 69.6 Å². The van der Waals surface area contributed by atoms with E-state index in [0.717, 1.165) is 25.7 Å². The number of amides is 1. The van der Waals surface area contributed by atoms with Crippen LogP contribution in [0.25, 0.3) is 0 Å². The van der Waals surface area contributed by atoms with Gasteiger partial charge in [0.25, 0.3) is 0 Å². The molecule has 0 aliphatic rings. The number of nitrogens with one attached hydrogen (secondary N) is 1. The Kier molecular flexibility index (Phi) is 66.6. The van der Waals surface area contributed by atoms with Gasteiger partial charge in [-0.25, -0.2) is 0 Å². The molecular formula is C71H141NO3. The quantitative estimate of drug-likeness (QED) is 0.0420. The van der Waals surface area contributed by atoms with Crippen molar-refractivity contribution in [1.29, 1.82) is 0 Å². The van der Waals surface area contributed by atoms with Crippen LogP contribution in [-0.2, 0) is 4.79 Å². The molecule has 0 aliphatic carbocycles. The van der Waals surface area contributed by atoms with E-state index in [2.05, 4.69) is 19.2 Å². The molecule has 0 aliphatic heterocycles. The fourth-order valence-corrected chi connectivity index (χ4v) is 11.7. The highest BCUT2D eigenvalue weighted by molar-refractivity contribution is 5.76. The highest BCUT2D eigenvalue weighted by atomic mass is 16.3. The number of carbonyl (C=O) groups excluding carboxylic acids is 1. The summed E-state index contributed by atoms with van der Waals surface area (Å²) in [6.07, 6.45) is 90.3. The molecule has 0 bridgehead atoms. The molecule has 0 fully saturated rings. The molecule has 0 aromatic heterocycles. The molecule has 0 heterocycles. The highest BCUT2D eigenvalue weighted by Gasteiger charge is 2.18. The van der Waals surface area contributed by atoms with Gasteiger partial charge in [0, 0.05) is 6.42 Å². The minimum Gasteiger partial charge on any atom is -0.394 e. The van der Waals surface area contributed by atoms with Crippen LogP contribution in [0.5, 0.6) is 0 Å². The molecule has 0 spiro atoms. The summed E-state index contributed by atoms with van der Waals surface area (Å²) in [4.78, 5) is 12.5. The number of hydrogen-bond donors (Lipinski definition) is 3. The zero-order chi connectivity index (χ0) is 54.1. The summed E-state index contributed by atoms with van der Waals surface area (Å²) in [5, 5.41) is 23.3. The average molecular weight is 1060 g/mol. The van der Waals surface area contributed by atoms with Crippen molar-refractivity contribution in [2.24, 2.45) is 0 Å². The predicted molar refractivity (Wildman–Crippen MR) is 336 cm³/mol. The minimum atomic E-state index is -0.837. The molecule has 75 heavy (non-hydrogen) atoms. The van der Waals surface area contributed by atoms with Crippen LogP contribution in [0.2, 0.25) is 0 Å². The molecule has 2 unspecified atom stereocenters. The Hall–Kier alpha value is -0.870. The van der Waals surface area contributed by atoms with Crippen molar-refractivity contribution >= 4 is 5.91 Å². The fraction of sp³-hybridized carbons (Fsp3) is 0.958. The lowest BCUT2D eigenvalue weighted by molar-refractivity contribution is -0.123. The van der Waals surface area contributed by atoms with E-state index in [1.165, 1.54) is 372 Å². The third-order valence-corrected chi connectivity index (χ3v) is 17.0. The van der Waals surface area contributed by atoms with E-state index in [9.17, 15) is 15.0 Å². The summed E-state index contributed by atoms with van der Waals surface area (Å²) >= 11 is 0. The Morgan fingerprint density at radius 1 is 0.307 bits per heavy atom. The lowest BCUT2D eigenvalue weighted by Crippen LogP contribution is -2.45. The van der Waals surface area contributed by atoms with Gasteiger partial charge >= 0.3 is 0 Å². The van der Waals surface area contributed by atoms with Crippen molar-refractivity contribution in [1.82, 2.24) is 5.32 Å². The normalized spacial score (nSPS) is 12.6. The van der Waals surface area contributed by atoms with Gasteiger partial charge in [0.2, 0.25) is 5.91 Å². The molecule has 0 radical (unpaired) electrons. The van der Waals surface area contributed by atoms with Crippen molar-refractivity contribution in [3.8, 4) is 0 Å². The molecule has 2 atom stereocenters. The Morgan fingerprint density at radius 3 is 0.693 bits per heavy atom. The van der Waals surface area contributed by atoms with Gasteiger partial charge in [-0.1, -0.05) is 405 Å². The van der Waals surface area contributed by atoms with Crippen LogP contribution >= 0.6 is 0 Å². The maximum atomic E-state index is 12.5. The van der Waals surface area contributed by atoms with Crippen LogP contribution in [0.15, 0.2) is 12.2 Å². The summed E-state index contributed by atoms with van der Waals surface area (Å²) < 4.78 is 0.